The van der Waals surface area contributed by atoms with Gasteiger partial charge in [0.15, 0.2) is 0 Å². The molecule has 1 saturated carbocycles. The molecule has 1 fully saturated rings. The van der Waals surface area contributed by atoms with Crippen LogP contribution in [0.15, 0.2) is 23.2 Å². The van der Waals surface area contributed by atoms with Crippen LogP contribution in [0, 0.1) is 5.82 Å². The average molecular weight is 191 g/mol. The van der Waals surface area contributed by atoms with Crippen molar-refractivity contribution in [1.29, 1.82) is 0 Å². The highest BCUT2D eigenvalue weighted by molar-refractivity contribution is 5.79. The zero-order valence-corrected chi connectivity index (χ0v) is 8.55. The van der Waals surface area contributed by atoms with E-state index in [1.54, 1.807) is 19.3 Å². The van der Waals surface area contributed by atoms with E-state index >= 15 is 0 Å². The molecule has 1 aliphatic carbocycles. The fraction of sp³-hybridized carbons (Fsp3) is 0.417. The summed E-state index contributed by atoms with van der Waals surface area (Å²) < 4.78 is 13.6. The van der Waals surface area contributed by atoms with Gasteiger partial charge in [0, 0.05) is 13.3 Å². The zero-order valence-electron chi connectivity index (χ0n) is 8.55. The predicted molar refractivity (Wildman–Crippen MR) is 56.5 cm³/mol. The van der Waals surface area contributed by atoms with Crippen molar-refractivity contribution in [2.75, 3.05) is 7.05 Å². The van der Waals surface area contributed by atoms with Gasteiger partial charge < -0.3 is 0 Å². The molecule has 0 amide bonds. The molecule has 0 atom stereocenters. The Morgan fingerprint density at radius 1 is 1.43 bits per heavy atom. The summed E-state index contributed by atoms with van der Waals surface area (Å²) in [5.74, 6) is -0.0950. The first kappa shape index (κ1) is 9.38. The molecular formula is C12H14FN. The molecule has 1 aliphatic rings. The summed E-state index contributed by atoms with van der Waals surface area (Å²) in [7, 11) is 1.69. The third-order valence-electron chi connectivity index (χ3n) is 2.92. The Hall–Kier alpha value is -1.18. The van der Waals surface area contributed by atoms with Crippen molar-refractivity contribution < 1.29 is 4.39 Å². The molecule has 0 aromatic heterocycles. The van der Waals surface area contributed by atoms with E-state index in [1.165, 1.54) is 0 Å². The Bertz CT molecular complexity index is 378. The Labute approximate surface area is 83.7 Å². The number of hydrogen-bond acceptors (Lipinski definition) is 1. The lowest BCUT2D eigenvalue weighted by Crippen LogP contribution is -2.03. The molecule has 74 valence electrons. The van der Waals surface area contributed by atoms with E-state index in [9.17, 15) is 4.39 Å². The highest BCUT2D eigenvalue weighted by atomic mass is 19.1. The molecule has 0 heterocycles. The number of nitrogens with zero attached hydrogens (tertiary/aromatic N) is 1. The zero-order chi connectivity index (χ0) is 10.2. The van der Waals surface area contributed by atoms with E-state index in [0.29, 0.717) is 0 Å². The van der Waals surface area contributed by atoms with Crippen LogP contribution in [0.3, 0.4) is 0 Å². The second kappa shape index (κ2) is 3.19. The quantitative estimate of drug-likeness (QED) is 0.637. The minimum atomic E-state index is -0.0950. The van der Waals surface area contributed by atoms with Crippen LogP contribution in [0.1, 0.15) is 30.9 Å². The van der Waals surface area contributed by atoms with Crippen molar-refractivity contribution in [3.8, 4) is 0 Å². The molecule has 0 spiro atoms. The molecular weight excluding hydrogens is 177 g/mol. The second-order valence-corrected chi connectivity index (χ2v) is 4.19. The molecule has 0 N–H and O–H groups in total. The van der Waals surface area contributed by atoms with Crippen LogP contribution in [0.2, 0.25) is 0 Å². The number of benzene rings is 1. The summed E-state index contributed by atoms with van der Waals surface area (Å²) >= 11 is 0. The van der Waals surface area contributed by atoms with Crippen LogP contribution in [0.25, 0.3) is 0 Å². The normalized spacial score (nSPS) is 18.8. The first-order valence-corrected chi connectivity index (χ1v) is 4.88. The van der Waals surface area contributed by atoms with E-state index in [4.69, 9.17) is 0 Å². The lowest BCUT2D eigenvalue weighted by molar-refractivity contribution is 0.586. The highest BCUT2D eigenvalue weighted by Crippen LogP contribution is 2.48. The first-order valence-electron chi connectivity index (χ1n) is 4.88. The third kappa shape index (κ3) is 1.57. The van der Waals surface area contributed by atoms with Gasteiger partial charge in [0.2, 0.25) is 0 Å². The van der Waals surface area contributed by atoms with E-state index in [-0.39, 0.29) is 11.2 Å². The molecule has 1 nitrogen and oxygen atoms in total. The second-order valence-electron chi connectivity index (χ2n) is 4.19. The molecule has 14 heavy (non-hydrogen) atoms. The van der Waals surface area contributed by atoms with Gasteiger partial charge in [-0.25, -0.2) is 4.39 Å². The third-order valence-corrected chi connectivity index (χ3v) is 2.92. The molecule has 0 bridgehead atoms. The Balaban J connectivity index is 2.36. The molecule has 0 radical (unpaired) electrons. The van der Waals surface area contributed by atoms with Crippen molar-refractivity contribution in [2.45, 2.75) is 25.2 Å². The van der Waals surface area contributed by atoms with Gasteiger partial charge in [-0.1, -0.05) is 19.1 Å². The van der Waals surface area contributed by atoms with Gasteiger partial charge in [-0.2, -0.15) is 0 Å². The van der Waals surface area contributed by atoms with Gasteiger partial charge >= 0.3 is 0 Å². The molecule has 0 unspecified atom stereocenters. The minimum absolute atomic E-state index is 0.0950. The molecule has 1 aromatic carbocycles. The number of rotatable bonds is 2. The SMILES string of the molecule is C/N=C/c1ccc(C2(C)CC2)c(F)c1. The summed E-state index contributed by atoms with van der Waals surface area (Å²) in [4.78, 5) is 3.86. The summed E-state index contributed by atoms with van der Waals surface area (Å²) in [6.45, 7) is 2.11. The minimum Gasteiger partial charge on any atom is -0.296 e. The molecule has 2 heteroatoms. The number of aliphatic imine (C=N–C) groups is 1. The van der Waals surface area contributed by atoms with Gasteiger partial charge in [-0.3, -0.25) is 4.99 Å². The Morgan fingerprint density at radius 3 is 2.64 bits per heavy atom. The summed E-state index contributed by atoms with van der Waals surface area (Å²) in [6, 6.07) is 5.38. The fourth-order valence-electron chi connectivity index (χ4n) is 1.71. The van der Waals surface area contributed by atoms with Gasteiger partial charge in [-0.15, -0.1) is 0 Å². The van der Waals surface area contributed by atoms with Crippen molar-refractivity contribution >= 4 is 6.21 Å². The summed E-state index contributed by atoms with van der Waals surface area (Å²) in [5.41, 5.74) is 1.79. The average Bonchev–Trinajstić information content (AvgIpc) is 2.85. The van der Waals surface area contributed by atoms with Gasteiger partial charge in [0.05, 0.1) is 0 Å². The Kier molecular flexibility index (Phi) is 2.14. The van der Waals surface area contributed by atoms with Crippen molar-refractivity contribution in [2.24, 2.45) is 4.99 Å². The van der Waals surface area contributed by atoms with Crippen molar-refractivity contribution in [3.63, 3.8) is 0 Å². The molecule has 1 aromatic rings. The Morgan fingerprint density at radius 2 is 2.14 bits per heavy atom. The number of halogens is 1. The lowest BCUT2D eigenvalue weighted by Gasteiger charge is -2.10. The first-order chi connectivity index (χ1) is 6.65. The van der Waals surface area contributed by atoms with E-state index in [2.05, 4.69) is 11.9 Å². The maximum absolute atomic E-state index is 13.6. The van der Waals surface area contributed by atoms with Crippen LogP contribution in [-0.2, 0) is 5.41 Å². The lowest BCUT2D eigenvalue weighted by atomic mass is 9.97. The van der Waals surface area contributed by atoms with Crippen LogP contribution in [0.4, 0.5) is 4.39 Å². The summed E-state index contributed by atoms with van der Waals surface area (Å²) in [6.07, 6.45) is 3.87. The standard InChI is InChI=1S/C12H14FN/c1-12(5-6-12)10-4-3-9(8-14-2)7-11(10)13/h3-4,7-8H,5-6H2,1-2H3/b14-8+. The van der Waals surface area contributed by atoms with E-state index in [1.807, 2.05) is 12.1 Å². The monoisotopic (exact) mass is 191 g/mol. The largest absolute Gasteiger partial charge is 0.296 e. The highest BCUT2D eigenvalue weighted by Gasteiger charge is 2.40. The maximum atomic E-state index is 13.6. The predicted octanol–water partition coefficient (Wildman–Crippen LogP) is 2.93. The van der Waals surface area contributed by atoms with E-state index < -0.39 is 0 Å². The summed E-state index contributed by atoms with van der Waals surface area (Å²) in [5, 5.41) is 0. The maximum Gasteiger partial charge on any atom is 0.127 e. The topological polar surface area (TPSA) is 12.4 Å². The fourth-order valence-corrected chi connectivity index (χ4v) is 1.71. The van der Waals surface area contributed by atoms with Gasteiger partial charge in [-0.05, 0) is 35.4 Å². The van der Waals surface area contributed by atoms with E-state index in [0.717, 1.165) is 24.0 Å². The smallest absolute Gasteiger partial charge is 0.127 e. The van der Waals surface area contributed by atoms with Gasteiger partial charge in [0.25, 0.3) is 0 Å². The molecule has 0 aliphatic heterocycles. The van der Waals surface area contributed by atoms with Gasteiger partial charge in [0.1, 0.15) is 5.82 Å². The van der Waals surface area contributed by atoms with Crippen molar-refractivity contribution in [3.05, 3.63) is 35.1 Å². The van der Waals surface area contributed by atoms with Crippen LogP contribution < -0.4 is 0 Å². The van der Waals surface area contributed by atoms with Crippen LogP contribution in [0.5, 0.6) is 0 Å². The van der Waals surface area contributed by atoms with Crippen molar-refractivity contribution in [1.82, 2.24) is 0 Å². The molecule has 0 saturated heterocycles. The van der Waals surface area contributed by atoms with Crippen LogP contribution in [-0.4, -0.2) is 13.3 Å². The number of hydrogen-bond donors (Lipinski definition) is 0. The van der Waals surface area contributed by atoms with Crippen LogP contribution >= 0.6 is 0 Å². The molecule has 2 rings (SSSR count).